The molecule has 10 heteroatoms. The molecule has 27 heavy (non-hydrogen) atoms. The predicted molar refractivity (Wildman–Crippen MR) is 90.1 cm³/mol. The summed E-state index contributed by atoms with van der Waals surface area (Å²) in [5.74, 6) is -1.16. The van der Waals surface area contributed by atoms with E-state index in [0.29, 0.717) is 5.56 Å². The van der Waals surface area contributed by atoms with Crippen molar-refractivity contribution in [3.63, 3.8) is 0 Å². The van der Waals surface area contributed by atoms with E-state index in [-0.39, 0.29) is 17.4 Å². The monoisotopic (exact) mass is 404 g/mol. The van der Waals surface area contributed by atoms with E-state index in [0.717, 1.165) is 25.2 Å². The molecular weight excluding hydrogens is 385 g/mol. The minimum atomic E-state index is -4.52. The molecule has 1 aromatic heterocycles. The summed E-state index contributed by atoms with van der Waals surface area (Å²) in [5, 5.41) is 9.26. The number of carbonyl (C=O) groups is 1. The molecule has 0 amide bonds. The Morgan fingerprint density at radius 1 is 1.41 bits per heavy atom. The van der Waals surface area contributed by atoms with Crippen LogP contribution in [0, 0.1) is 16.7 Å². The highest BCUT2D eigenvalue weighted by Crippen LogP contribution is 2.44. The Hall–Kier alpha value is -2.15. The molecule has 1 aliphatic carbocycles. The Balaban J connectivity index is 2.24. The average molecular weight is 404 g/mol. The Bertz CT molecular complexity index is 873. The molecule has 0 radical (unpaired) electrons. The number of nitriles is 1. The summed E-state index contributed by atoms with van der Waals surface area (Å²) in [6.07, 6.45) is -1.07. The van der Waals surface area contributed by atoms with Gasteiger partial charge in [0.1, 0.15) is 21.3 Å². The number of ether oxygens (including phenoxy) is 1. The van der Waals surface area contributed by atoms with E-state index in [1.54, 1.807) is 0 Å². The molecule has 0 aromatic carbocycles. The Morgan fingerprint density at radius 2 is 2.04 bits per heavy atom. The van der Waals surface area contributed by atoms with Crippen molar-refractivity contribution < 1.29 is 31.1 Å². The van der Waals surface area contributed by atoms with Gasteiger partial charge in [0.05, 0.1) is 17.2 Å². The van der Waals surface area contributed by atoms with Crippen LogP contribution in [0.15, 0.2) is 12.3 Å². The van der Waals surface area contributed by atoms with Crippen molar-refractivity contribution in [1.29, 1.82) is 5.26 Å². The van der Waals surface area contributed by atoms with Crippen LogP contribution < -0.4 is 4.74 Å². The topological polar surface area (TPSA) is 97.1 Å². The average Bonchev–Trinajstić information content (AvgIpc) is 3.34. The van der Waals surface area contributed by atoms with Gasteiger partial charge in [0.25, 0.3) is 0 Å². The summed E-state index contributed by atoms with van der Waals surface area (Å²) < 4.78 is 65.2. The van der Waals surface area contributed by atoms with Crippen LogP contribution in [0.1, 0.15) is 48.2 Å². The van der Waals surface area contributed by atoms with Crippen LogP contribution in [-0.2, 0) is 9.84 Å². The highest BCUT2D eigenvalue weighted by atomic mass is 32.2. The minimum Gasteiger partial charge on any atom is -0.484 e. The molecular formula is C17H19F3N2O4S. The fraction of sp³-hybridized carbons (Fsp3) is 0.588. The molecule has 6 nitrogen and oxygen atoms in total. The molecule has 1 unspecified atom stereocenters. The van der Waals surface area contributed by atoms with Crippen molar-refractivity contribution in [2.75, 3.05) is 18.6 Å². The number of hydrogen-bond acceptors (Lipinski definition) is 6. The van der Waals surface area contributed by atoms with E-state index in [1.165, 1.54) is 13.1 Å². The first-order chi connectivity index (χ1) is 12.3. The van der Waals surface area contributed by atoms with Crippen molar-refractivity contribution in [1.82, 2.24) is 4.98 Å². The van der Waals surface area contributed by atoms with Gasteiger partial charge >= 0.3 is 6.18 Å². The van der Waals surface area contributed by atoms with Crippen molar-refractivity contribution in [2.24, 2.45) is 5.41 Å². The second-order valence-electron chi connectivity index (χ2n) is 7.13. The van der Waals surface area contributed by atoms with Gasteiger partial charge in [0.15, 0.2) is 12.4 Å². The third-order valence-electron chi connectivity index (χ3n) is 3.99. The maximum Gasteiger partial charge on any atom is 0.422 e. The smallest absolute Gasteiger partial charge is 0.422 e. The third kappa shape index (κ3) is 6.50. The number of carbonyl (C=O) groups excluding carboxylic acids is 1. The molecule has 1 heterocycles. The molecule has 1 aromatic rings. The molecule has 1 atom stereocenters. The van der Waals surface area contributed by atoms with Gasteiger partial charge in [0.2, 0.25) is 0 Å². The van der Waals surface area contributed by atoms with Crippen LogP contribution in [0.2, 0.25) is 0 Å². The molecule has 148 valence electrons. The SMILES string of the molecule is CC(C#N)(CC(=O)c1cc(OCC(F)(F)F)c(C2CC2)cn1)CS(C)(=O)=O. The van der Waals surface area contributed by atoms with E-state index in [1.807, 2.05) is 6.07 Å². The summed E-state index contributed by atoms with van der Waals surface area (Å²) in [5.41, 5.74) is -1.12. The number of rotatable bonds is 8. The van der Waals surface area contributed by atoms with Gasteiger partial charge in [-0.3, -0.25) is 9.78 Å². The second kappa shape index (κ2) is 7.46. The van der Waals surface area contributed by atoms with E-state index < -0.39 is 46.0 Å². The normalized spacial score (nSPS) is 17.0. The van der Waals surface area contributed by atoms with Gasteiger partial charge in [-0.05, 0) is 25.7 Å². The van der Waals surface area contributed by atoms with Gasteiger partial charge in [-0.2, -0.15) is 18.4 Å². The van der Waals surface area contributed by atoms with Crippen LogP contribution in [-0.4, -0.2) is 44.0 Å². The van der Waals surface area contributed by atoms with Crippen LogP contribution in [0.5, 0.6) is 5.75 Å². The predicted octanol–water partition coefficient (Wildman–Crippen LogP) is 3.05. The minimum absolute atomic E-state index is 0.0551. The number of nitrogens with zero attached hydrogens (tertiary/aromatic N) is 2. The number of hydrogen-bond donors (Lipinski definition) is 0. The summed E-state index contributed by atoms with van der Waals surface area (Å²) >= 11 is 0. The number of sulfone groups is 1. The van der Waals surface area contributed by atoms with Crippen LogP contribution in [0.3, 0.4) is 0 Å². The van der Waals surface area contributed by atoms with Gasteiger partial charge in [0, 0.05) is 30.5 Å². The van der Waals surface area contributed by atoms with Crippen LogP contribution >= 0.6 is 0 Å². The lowest BCUT2D eigenvalue weighted by Crippen LogP contribution is -2.28. The summed E-state index contributed by atoms with van der Waals surface area (Å²) in [4.78, 5) is 16.5. The Morgan fingerprint density at radius 3 is 2.52 bits per heavy atom. The van der Waals surface area contributed by atoms with Crippen LogP contribution in [0.25, 0.3) is 0 Å². The third-order valence-corrected chi connectivity index (χ3v) is 5.15. The first kappa shape index (κ1) is 21.2. The molecule has 0 bridgehead atoms. The Labute approximate surface area is 155 Å². The second-order valence-corrected chi connectivity index (χ2v) is 9.27. The summed E-state index contributed by atoms with van der Waals surface area (Å²) in [7, 11) is -3.51. The number of pyridine rings is 1. The van der Waals surface area contributed by atoms with E-state index in [4.69, 9.17) is 4.74 Å². The number of Topliss-reactive ketones (excluding diaryl/α,β-unsaturated/α-hetero) is 1. The van der Waals surface area contributed by atoms with Gasteiger partial charge in [-0.15, -0.1) is 0 Å². The number of alkyl halides is 3. The van der Waals surface area contributed by atoms with E-state index >= 15 is 0 Å². The molecule has 0 spiro atoms. The van der Waals surface area contributed by atoms with Crippen LogP contribution in [0.4, 0.5) is 13.2 Å². The zero-order valence-corrected chi connectivity index (χ0v) is 15.7. The lowest BCUT2D eigenvalue weighted by atomic mass is 9.88. The van der Waals surface area contributed by atoms with Crippen molar-refractivity contribution in [3.05, 3.63) is 23.5 Å². The fourth-order valence-corrected chi connectivity index (χ4v) is 4.06. The molecule has 1 saturated carbocycles. The summed E-state index contributed by atoms with van der Waals surface area (Å²) in [6.45, 7) is -0.153. The zero-order chi connectivity index (χ0) is 20.5. The lowest BCUT2D eigenvalue weighted by Gasteiger charge is -2.19. The highest BCUT2D eigenvalue weighted by molar-refractivity contribution is 7.90. The largest absolute Gasteiger partial charge is 0.484 e. The summed E-state index contributed by atoms with van der Waals surface area (Å²) in [6, 6.07) is 2.97. The van der Waals surface area contributed by atoms with Gasteiger partial charge in [-0.25, -0.2) is 8.42 Å². The number of ketones is 1. The molecule has 0 N–H and O–H groups in total. The molecule has 2 rings (SSSR count). The fourth-order valence-electron chi connectivity index (χ4n) is 2.73. The number of aromatic nitrogens is 1. The molecule has 0 saturated heterocycles. The van der Waals surface area contributed by atoms with Crippen molar-refractivity contribution in [3.8, 4) is 11.8 Å². The molecule has 0 aliphatic heterocycles. The highest BCUT2D eigenvalue weighted by Gasteiger charge is 2.34. The molecule has 1 fully saturated rings. The maximum absolute atomic E-state index is 12.5. The lowest BCUT2D eigenvalue weighted by molar-refractivity contribution is -0.153. The van der Waals surface area contributed by atoms with Gasteiger partial charge in [-0.1, -0.05) is 0 Å². The molecule has 1 aliphatic rings. The van der Waals surface area contributed by atoms with E-state index in [9.17, 15) is 31.6 Å². The zero-order valence-electron chi connectivity index (χ0n) is 14.8. The Kier molecular flexibility index (Phi) is 5.85. The maximum atomic E-state index is 12.5. The van der Waals surface area contributed by atoms with Gasteiger partial charge < -0.3 is 4.74 Å². The van der Waals surface area contributed by atoms with Crippen molar-refractivity contribution >= 4 is 15.6 Å². The number of halogens is 3. The van der Waals surface area contributed by atoms with Crippen molar-refractivity contribution in [2.45, 2.75) is 38.3 Å². The first-order valence-corrected chi connectivity index (χ1v) is 10.2. The van der Waals surface area contributed by atoms with E-state index in [2.05, 4.69) is 4.98 Å². The quantitative estimate of drug-likeness (QED) is 0.618. The standard InChI is InChI=1S/C17H19F3N2O4S/c1-16(8-21,10-27(2,24)25)6-14(23)13-5-15(26-9-17(18,19)20)12(7-22-13)11-3-4-11/h5,7,11H,3-4,6,9-10H2,1-2H3. The first-order valence-electron chi connectivity index (χ1n) is 8.13.